The standard InChI is InChI=1S/C29H30F3N5OS/c1-20-9-10-22(16-24(20)29(30,31)32)27(25-17-33-19-34-25)36-13-11-23(12-14-36)37(18-21-6-3-2-4-7-21)28(38)35-26-8-5-15-39-26/h2-10,15-17,19,23,27H,11-14,18H2,1H3,(H,33,34)(H,35,38). The highest BCUT2D eigenvalue weighted by Crippen LogP contribution is 2.37. The first-order valence-electron chi connectivity index (χ1n) is 12.8. The summed E-state index contributed by atoms with van der Waals surface area (Å²) in [6, 6.07) is 17.6. The Kier molecular flexibility index (Phi) is 8.04. The number of imidazole rings is 1. The van der Waals surface area contributed by atoms with Crippen LogP contribution in [0.15, 0.2) is 78.6 Å². The summed E-state index contributed by atoms with van der Waals surface area (Å²) in [6.45, 7) is 3.17. The number of aryl methyl sites for hydroxylation is 1. The Hall–Kier alpha value is -3.63. The second-order valence-corrected chi connectivity index (χ2v) is 10.7. The molecule has 10 heteroatoms. The van der Waals surface area contributed by atoms with Crippen LogP contribution in [0.2, 0.25) is 0 Å². The molecule has 0 saturated carbocycles. The Balaban J connectivity index is 1.37. The number of amides is 2. The predicted molar refractivity (Wildman–Crippen MR) is 147 cm³/mol. The molecule has 2 N–H and O–H groups in total. The molecule has 5 rings (SSSR count). The zero-order valence-corrected chi connectivity index (χ0v) is 22.3. The van der Waals surface area contributed by atoms with Crippen LogP contribution in [-0.2, 0) is 12.7 Å². The Morgan fingerprint density at radius 2 is 1.92 bits per heavy atom. The van der Waals surface area contributed by atoms with Crippen LogP contribution < -0.4 is 5.32 Å². The number of nitrogens with one attached hydrogen (secondary N) is 2. The summed E-state index contributed by atoms with van der Waals surface area (Å²) >= 11 is 1.47. The molecule has 1 unspecified atom stereocenters. The van der Waals surface area contributed by atoms with Crippen molar-refractivity contribution in [2.24, 2.45) is 0 Å². The minimum Gasteiger partial charge on any atom is -0.347 e. The highest BCUT2D eigenvalue weighted by molar-refractivity contribution is 7.14. The van der Waals surface area contributed by atoms with Crippen molar-refractivity contribution in [1.82, 2.24) is 19.8 Å². The molecule has 1 saturated heterocycles. The first-order valence-corrected chi connectivity index (χ1v) is 13.7. The average Bonchev–Trinajstić information content (AvgIpc) is 3.64. The van der Waals surface area contributed by atoms with Gasteiger partial charge >= 0.3 is 12.2 Å². The van der Waals surface area contributed by atoms with Gasteiger partial charge < -0.3 is 9.88 Å². The van der Waals surface area contributed by atoms with E-state index in [-0.39, 0.29) is 17.6 Å². The number of likely N-dealkylation sites (tertiary alicyclic amines) is 1. The lowest BCUT2D eigenvalue weighted by Gasteiger charge is -2.41. The fourth-order valence-electron chi connectivity index (χ4n) is 5.25. The van der Waals surface area contributed by atoms with Crippen molar-refractivity contribution in [2.75, 3.05) is 18.4 Å². The molecule has 2 amide bonds. The van der Waals surface area contributed by atoms with Gasteiger partial charge in [-0.25, -0.2) is 9.78 Å². The van der Waals surface area contributed by atoms with E-state index in [1.807, 2.05) is 52.7 Å². The summed E-state index contributed by atoms with van der Waals surface area (Å²) in [5.74, 6) is 0. The number of benzene rings is 2. The van der Waals surface area contributed by atoms with Gasteiger partial charge in [-0.15, -0.1) is 11.3 Å². The van der Waals surface area contributed by atoms with E-state index in [4.69, 9.17) is 0 Å². The number of urea groups is 1. The summed E-state index contributed by atoms with van der Waals surface area (Å²) in [5, 5.41) is 5.72. The lowest BCUT2D eigenvalue weighted by molar-refractivity contribution is -0.138. The maximum Gasteiger partial charge on any atom is 0.416 e. The molecule has 2 aromatic carbocycles. The summed E-state index contributed by atoms with van der Waals surface area (Å²) in [6.07, 6.45) is 0.157. The lowest BCUT2D eigenvalue weighted by atomic mass is 9.94. The second kappa shape index (κ2) is 11.6. The van der Waals surface area contributed by atoms with E-state index >= 15 is 0 Å². The van der Waals surface area contributed by atoms with Crippen LogP contribution in [-0.4, -0.2) is 44.9 Å². The third kappa shape index (κ3) is 6.34. The van der Waals surface area contributed by atoms with Gasteiger partial charge in [-0.05, 0) is 60.0 Å². The number of thiophene rings is 1. The molecule has 2 aromatic heterocycles. The quantitative estimate of drug-likeness (QED) is 0.257. The highest BCUT2D eigenvalue weighted by Gasteiger charge is 2.36. The predicted octanol–water partition coefficient (Wildman–Crippen LogP) is 7.09. The number of anilines is 1. The first kappa shape index (κ1) is 27.0. The molecular weight excluding hydrogens is 523 g/mol. The molecule has 1 fully saturated rings. The van der Waals surface area contributed by atoms with E-state index in [1.165, 1.54) is 30.4 Å². The normalized spacial score (nSPS) is 15.7. The van der Waals surface area contributed by atoms with Gasteiger partial charge in [0, 0.05) is 31.9 Å². The van der Waals surface area contributed by atoms with E-state index in [1.54, 1.807) is 18.6 Å². The van der Waals surface area contributed by atoms with Crippen molar-refractivity contribution in [3.8, 4) is 0 Å². The summed E-state index contributed by atoms with van der Waals surface area (Å²) in [7, 11) is 0. The number of carbonyl (C=O) groups is 1. The van der Waals surface area contributed by atoms with Crippen LogP contribution >= 0.6 is 11.3 Å². The molecule has 1 aliphatic heterocycles. The molecule has 3 heterocycles. The third-order valence-electron chi connectivity index (χ3n) is 7.21. The van der Waals surface area contributed by atoms with Crippen LogP contribution in [0.1, 0.15) is 46.8 Å². The van der Waals surface area contributed by atoms with E-state index in [0.717, 1.165) is 16.3 Å². The maximum atomic E-state index is 13.7. The van der Waals surface area contributed by atoms with E-state index in [9.17, 15) is 18.0 Å². The molecular formula is C29H30F3N5OS. The number of aromatic nitrogens is 2. The number of H-pyrrole nitrogens is 1. The minimum absolute atomic E-state index is 0.0208. The molecule has 0 radical (unpaired) electrons. The zero-order valence-electron chi connectivity index (χ0n) is 21.5. The van der Waals surface area contributed by atoms with E-state index in [2.05, 4.69) is 20.2 Å². The zero-order chi connectivity index (χ0) is 27.4. The van der Waals surface area contributed by atoms with Crippen LogP contribution in [0.25, 0.3) is 0 Å². The second-order valence-electron chi connectivity index (χ2n) is 9.77. The van der Waals surface area contributed by atoms with Crippen molar-refractivity contribution in [2.45, 2.75) is 44.6 Å². The lowest BCUT2D eigenvalue weighted by Crippen LogP contribution is -2.49. The summed E-state index contributed by atoms with van der Waals surface area (Å²) in [5.41, 5.74) is 1.91. The SMILES string of the molecule is Cc1ccc(C(c2cnc[nH]2)N2CCC(N(Cc3ccccc3)C(=O)Nc3cccs3)CC2)cc1C(F)(F)F. The fraction of sp³-hybridized carbons (Fsp3) is 0.310. The molecule has 1 aliphatic rings. The number of hydrogen-bond donors (Lipinski definition) is 2. The molecule has 39 heavy (non-hydrogen) atoms. The van der Waals surface area contributed by atoms with Crippen molar-refractivity contribution < 1.29 is 18.0 Å². The van der Waals surface area contributed by atoms with Crippen molar-refractivity contribution in [1.29, 1.82) is 0 Å². The summed E-state index contributed by atoms with van der Waals surface area (Å²) < 4.78 is 41.2. The van der Waals surface area contributed by atoms with E-state index in [0.29, 0.717) is 38.0 Å². The van der Waals surface area contributed by atoms with Crippen LogP contribution in [0, 0.1) is 6.92 Å². The summed E-state index contributed by atoms with van der Waals surface area (Å²) in [4.78, 5) is 24.7. The van der Waals surface area contributed by atoms with Gasteiger partial charge in [0.25, 0.3) is 0 Å². The minimum atomic E-state index is -4.43. The Labute approximate surface area is 229 Å². The van der Waals surface area contributed by atoms with Gasteiger partial charge in [0.1, 0.15) is 0 Å². The molecule has 6 nitrogen and oxygen atoms in total. The maximum absolute atomic E-state index is 13.7. The number of nitrogens with zero attached hydrogens (tertiary/aromatic N) is 3. The number of rotatable bonds is 7. The van der Waals surface area contributed by atoms with Crippen LogP contribution in [0.4, 0.5) is 23.0 Å². The number of halogens is 3. The van der Waals surface area contributed by atoms with Crippen LogP contribution in [0.5, 0.6) is 0 Å². The number of aromatic amines is 1. The highest BCUT2D eigenvalue weighted by atomic mass is 32.1. The van der Waals surface area contributed by atoms with Crippen molar-refractivity contribution >= 4 is 22.4 Å². The van der Waals surface area contributed by atoms with E-state index < -0.39 is 17.8 Å². The van der Waals surface area contributed by atoms with Gasteiger partial charge in [-0.2, -0.15) is 13.2 Å². The largest absolute Gasteiger partial charge is 0.416 e. The Morgan fingerprint density at radius 3 is 2.56 bits per heavy atom. The first-order chi connectivity index (χ1) is 18.8. The van der Waals surface area contributed by atoms with Gasteiger partial charge in [0.15, 0.2) is 0 Å². The van der Waals surface area contributed by atoms with Crippen molar-refractivity contribution in [3.05, 3.63) is 107 Å². The number of carbonyl (C=O) groups excluding carboxylic acids is 1. The smallest absolute Gasteiger partial charge is 0.347 e. The van der Waals surface area contributed by atoms with Gasteiger partial charge in [-0.1, -0.05) is 42.5 Å². The molecule has 1 atom stereocenters. The fourth-order valence-corrected chi connectivity index (χ4v) is 5.85. The molecule has 0 bridgehead atoms. The molecule has 4 aromatic rings. The number of piperidine rings is 1. The monoisotopic (exact) mass is 553 g/mol. The van der Waals surface area contributed by atoms with Gasteiger partial charge in [0.05, 0.1) is 28.6 Å². The molecule has 0 aliphatic carbocycles. The van der Waals surface area contributed by atoms with Crippen molar-refractivity contribution in [3.63, 3.8) is 0 Å². The van der Waals surface area contributed by atoms with Gasteiger partial charge in [-0.3, -0.25) is 10.2 Å². The average molecular weight is 554 g/mol. The van der Waals surface area contributed by atoms with Gasteiger partial charge in [0.2, 0.25) is 0 Å². The Bertz CT molecular complexity index is 1350. The van der Waals surface area contributed by atoms with Crippen LogP contribution in [0.3, 0.4) is 0 Å². The topological polar surface area (TPSA) is 64.3 Å². The molecule has 204 valence electrons. The Morgan fingerprint density at radius 1 is 1.15 bits per heavy atom. The third-order valence-corrected chi connectivity index (χ3v) is 7.99. The molecule has 0 spiro atoms. The number of hydrogen-bond acceptors (Lipinski definition) is 4. The number of alkyl halides is 3.